The molecule has 1 heterocycles. The van der Waals surface area contributed by atoms with Crippen molar-refractivity contribution in [2.75, 3.05) is 11.9 Å². The molecule has 5 nitrogen and oxygen atoms in total. The smallest absolute Gasteiger partial charge is 0.146 e. The van der Waals surface area contributed by atoms with Crippen molar-refractivity contribution in [3.05, 3.63) is 42.0 Å². The topological polar surface area (TPSA) is 60.0 Å². The molecule has 0 fully saturated rings. The zero-order valence-corrected chi connectivity index (χ0v) is 12.8. The number of thiocarbonyl (C=S) groups is 1. The molecule has 0 aliphatic heterocycles. The molecule has 106 valence electrons. The molecule has 0 atom stereocenters. The Bertz CT molecular complexity index is 588. The van der Waals surface area contributed by atoms with Crippen LogP contribution in [0.25, 0.3) is 0 Å². The molecule has 2 rings (SSSR count). The Morgan fingerprint density at radius 2 is 2.00 bits per heavy atom. The molecule has 0 radical (unpaired) electrons. The zero-order chi connectivity index (χ0) is 14.7. The second-order valence-electron chi connectivity index (χ2n) is 4.98. The molecule has 2 aromatic rings. The van der Waals surface area contributed by atoms with Gasteiger partial charge in [-0.05, 0) is 38.1 Å². The van der Waals surface area contributed by atoms with E-state index in [0.717, 1.165) is 17.1 Å². The highest BCUT2D eigenvalue weighted by Gasteiger charge is 2.10. The number of benzene rings is 1. The van der Waals surface area contributed by atoms with E-state index in [1.807, 2.05) is 36.0 Å². The van der Waals surface area contributed by atoms with Crippen molar-refractivity contribution >= 4 is 22.9 Å². The van der Waals surface area contributed by atoms with Crippen LogP contribution in [0.2, 0.25) is 0 Å². The first-order valence-electron chi connectivity index (χ1n) is 6.48. The lowest BCUT2D eigenvalue weighted by Gasteiger charge is -2.20. The maximum absolute atomic E-state index is 5.60. The molecule has 6 heteroatoms. The van der Waals surface area contributed by atoms with Crippen LogP contribution in [0.4, 0.5) is 5.69 Å². The zero-order valence-electron chi connectivity index (χ0n) is 11.9. The number of hydrogen-bond acceptors (Lipinski definition) is 4. The standard InChI is InChI=1S/C14H19N5S/c1-10(2)19-13(16-9-17-19)8-18(3)12-6-4-11(5-7-12)14(15)20/h4-7,9-10H,8H2,1-3H3,(H2,15,20). The third-order valence-electron chi connectivity index (χ3n) is 3.11. The molecule has 20 heavy (non-hydrogen) atoms. The highest BCUT2D eigenvalue weighted by atomic mass is 32.1. The predicted molar refractivity (Wildman–Crippen MR) is 84.8 cm³/mol. The summed E-state index contributed by atoms with van der Waals surface area (Å²) in [5, 5.41) is 4.24. The Kier molecular flexibility index (Phi) is 4.34. The van der Waals surface area contributed by atoms with E-state index in [0.29, 0.717) is 17.6 Å². The summed E-state index contributed by atoms with van der Waals surface area (Å²) in [5.74, 6) is 0.945. The Balaban J connectivity index is 2.13. The summed E-state index contributed by atoms with van der Waals surface area (Å²) < 4.78 is 1.93. The average molecular weight is 289 g/mol. The van der Waals surface area contributed by atoms with Crippen LogP contribution >= 0.6 is 12.2 Å². The molecule has 0 aliphatic rings. The molecule has 1 aromatic carbocycles. The van der Waals surface area contributed by atoms with Crippen molar-refractivity contribution in [1.82, 2.24) is 14.8 Å². The van der Waals surface area contributed by atoms with Gasteiger partial charge in [-0.15, -0.1) is 0 Å². The van der Waals surface area contributed by atoms with Crippen LogP contribution in [0, 0.1) is 0 Å². The summed E-state index contributed by atoms with van der Waals surface area (Å²) in [6.07, 6.45) is 1.60. The van der Waals surface area contributed by atoms with Gasteiger partial charge in [0.2, 0.25) is 0 Å². The lowest BCUT2D eigenvalue weighted by molar-refractivity contribution is 0.503. The van der Waals surface area contributed by atoms with E-state index in [1.165, 1.54) is 0 Å². The molecular formula is C14H19N5S. The largest absolute Gasteiger partial charge is 0.389 e. The summed E-state index contributed by atoms with van der Waals surface area (Å²) in [7, 11) is 2.02. The van der Waals surface area contributed by atoms with Crippen molar-refractivity contribution in [3.63, 3.8) is 0 Å². The van der Waals surface area contributed by atoms with Gasteiger partial charge in [0.15, 0.2) is 0 Å². The molecule has 0 aliphatic carbocycles. The summed E-state index contributed by atoms with van der Waals surface area (Å²) in [4.78, 5) is 6.85. The highest BCUT2D eigenvalue weighted by Crippen LogP contribution is 2.16. The Morgan fingerprint density at radius 1 is 1.35 bits per heavy atom. The van der Waals surface area contributed by atoms with Crippen LogP contribution in [0.15, 0.2) is 30.6 Å². The van der Waals surface area contributed by atoms with Gasteiger partial charge in [0.1, 0.15) is 17.1 Å². The van der Waals surface area contributed by atoms with Gasteiger partial charge in [-0.3, -0.25) is 0 Å². The van der Waals surface area contributed by atoms with Crippen molar-refractivity contribution in [1.29, 1.82) is 0 Å². The maximum Gasteiger partial charge on any atom is 0.146 e. The molecule has 0 saturated carbocycles. The number of nitrogens with zero attached hydrogens (tertiary/aromatic N) is 4. The molecule has 0 unspecified atom stereocenters. The minimum atomic E-state index is 0.304. The quantitative estimate of drug-likeness (QED) is 0.854. The monoisotopic (exact) mass is 289 g/mol. The molecule has 0 amide bonds. The second kappa shape index (κ2) is 6.00. The highest BCUT2D eigenvalue weighted by molar-refractivity contribution is 7.80. The van der Waals surface area contributed by atoms with Gasteiger partial charge in [0, 0.05) is 24.3 Å². The van der Waals surface area contributed by atoms with Crippen LogP contribution < -0.4 is 10.6 Å². The second-order valence-corrected chi connectivity index (χ2v) is 5.42. The minimum absolute atomic E-state index is 0.304. The molecular weight excluding hydrogens is 270 g/mol. The summed E-state index contributed by atoms with van der Waals surface area (Å²) >= 11 is 4.95. The molecule has 0 saturated heterocycles. The molecule has 0 bridgehead atoms. The van der Waals surface area contributed by atoms with E-state index in [9.17, 15) is 0 Å². The maximum atomic E-state index is 5.60. The summed E-state index contributed by atoms with van der Waals surface area (Å²) in [5.41, 5.74) is 7.56. The Hall–Kier alpha value is -1.95. The van der Waals surface area contributed by atoms with E-state index in [-0.39, 0.29) is 0 Å². The Labute approximate surface area is 124 Å². The number of aromatic nitrogens is 3. The lowest BCUT2D eigenvalue weighted by atomic mass is 10.2. The van der Waals surface area contributed by atoms with Crippen LogP contribution in [0.1, 0.15) is 31.3 Å². The third kappa shape index (κ3) is 3.14. The molecule has 0 spiro atoms. The van der Waals surface area contributed by atoms with Crippen molar-refractivity contribution in [2.24, 2.45) is 5.73 Å². The van der Waals surface area contributed by atoms with E-state index >= 15 is 0 Å². The van der Waals surface area contributed by atoms with Gasteiger partial charge in [0.05, 0.1) is 6.54 Å². The van der Waals surface area contributed by atoms with E-state index in [1.54, 1.807) is 6.33 Å². The average Bonchev–Trinajstić information content (AvgIpc) is 2.87. The third-order valence-corrected chi connectivity index (χ3v) is 3.34. The minimum Gasteiger partial charge on any atom is -0.389 e. The SMILES string of the molecule is CC(C)n1ncnc1CN(C)c1ccc(C(N)=S)cc1. The number of nitrogens with two attached hydrogens (primary N) is 1. The van der Waals surface area contributed by atoms with Gasteiger partial charge in [-0.2, -0.15) is 5.10 Å². The van der Waals surface area contributed by atoms with Crippen LogP contribution in [-0.2, 0) is 6.54 Å². The fraction of sp³-hybridized carbons (Fsp3) is 0.357. The van der Waals surface area contributed by atoms with Gasteiger partial charge >= 0.3 is 0 Å². The van der Waals surface area contributed by atoms with Crippen LogP contribution in [0.5, 0.6) is 0 Å². The predicted octanol–water partition coefficient (Wildman–Crippen LogP) is 2.13. The Morgan fingerprint density at radius 3 is 2.55 bits per heavy atom. The number of rotatable bonds is 5. The van der Waals surface area contributed by atoms with Crippen LogP contribution in [0.3, 0.4) is 0 Å². The number of anilines is 1. The van der Waals surface area contributed by atoms with Crippen LogP contribution in [-0.4, -0.2) is 26.8 Å². The summed E-state index contributed by atoms with van der Waals surface area (Å²) in [6.45, 7) is 4.88. The first-order chi connectivity index (χ1) is 9.49. The van der Waals surface area contributed by atoms with E-state index in [4.69, 9.17) is 18.0 Å². The van der Waals surface area contributed by atoms with Gasteiger partial charge < -0.3 is 10.6 Å². The van der Waals surface area contributed by atoms with Crippen molar-refractivity contribution in [2.45, 2.75) is 26.4 Å². The van der Waals surface area contributed by atoms with Gasteiger partial charge in [-0.1, -0.05) is 12.2 Å². The van der Waals surface area contributed by atoms with Crippen molar-refractivity contribution < 1.29 is 0 Å². The summed E-state index contributed by atoms with van der Waals surface area (Å²) in [6, 6.07) is 8.18. The molecule has 1 aromatic heterocycles. The van der Waals surface area contributed by atoms with Gasteiger partial charge in [-0.25, -0.2) is 9.67 Å². The van der Waals surface area contributed by atoms with Gasteiger partial charge in [0.25, 0.3) is 0 Å². The fourth-order valence-corrected chi connectivity index (χ4v) is 2.14. The van der Waals surface area contributed by atoms with Crippen molar-refractivity contribution in [3.8, 4) is 0 Å². The lowest BCUT2D eigenvalue weighted by Crippen LogP contribution is -2.21. The molecule has 2 N–H and O–H groups in total. The first kappa shape index (κ1) is 14.5. The fourth-order valence-electron chi connectivity index (χ4n) is 2.00. The van der Waals surface area contributed by atoms with E-state index in [2.05, 4.69) is 28.8 Å². The number of hydrogen-bond donors (Lipinski definition) is 1. The normalized spacial score (nSPS) is 10.8. The van der Waals surface area contributed by atoms with E-state index < -0.39 is 0 Å². The first-order valence-corrected chi connectivity index (χ1v) is 6.89.